The quantitative estimate of drug-likeness (QED) is 0.729. The van der Waals surface area contributed by atoms with Crippen LogP contribution in [0.3, 0.4) is 0 Å². The largest absolute Gasteiger partial charge is 0.486 e. The molecular weight excluding hydrogens is 178 g/mol. The molecule has 78 valence electrons. The molecule has 1 aliphatic heterocycles. The second kappa shape index (κ2) is 5.50. The molecule has 0 bridgehead atoms. The minimum Gasteiger partial charge on any atom is -0.486 e. The predicted octanol–water partition coefficient (Wildman–Crippen LogP) is 1.72. The van der Waals surface area contributed by atoms with E-state index in [1.165, 1.54) is 0 Å². The Morgan fingerprint density at radius 2 is 2.21 bits per heavy atom. The highest BCUT2D eigenvalue weighted by atomic mass is 16.6. The Labute approximate surface area is 84.9 Å². The summed E-state index contributed by atoms with van der Waals surface area (Å²) in [6.07, 6.45) is 7.60. The molecule has 1 heterocycles. The van der Waals surface area contributed by atoms with E-state index in [1.54, 1.807) is 0 Å². The van der Waals surface area contributed by atoms with Crippen LogP contribution in [0, 0.1) is 0 Å². The third-order valence-electron chi connectivity index (χ3n) is 1.93. The Morgan fingerprint density at radius 3 is 2.79 bits per heavy atom. The fourth-order valence-electron chi connectivity index (χ4n) is 1.17. The zero-order valence-corrected chi connectivity index (χ0v) is 8.69. The Bertz CT molecular complexity index is 266. The molecule has 1 fully saturated rings. The van der Waals surface area contributed by atoms with Crippen LogP contribution < -0.4 is 5.73 Å². The number of hydrogen-bond acceptors (Lipinski definition) is 3. The molecule has 0 spiro atoms. The van der Waals surface area contributed by atoms with E-state index in [0.717, 1.165) is 11.5 Å². The van der Waals surface area contributed by atoms with Gasteiger partial charge in [-0.15, -0.1) is 0 Å². The summed E-state index contributed by atoms with van der Waals surface area (Å²) in [6.45, 7) is 4.88. The van der Waals surface area contributed by atoms with Crippen LogP contribution in [-0.2, 0) is 9.47 Å². The van der Waals surface area contributed by atoms with Crippen molar-refractivity contribution in [1.82, 2.24) is 0 Å². The number of allylic oxidation sites excluding steroid dienone is 4. The molecular formula is C11H17NO2. The van der Waals surface area contributed by atoms with Crippen molar-refractivity contribution in [2.75, 3.05) is 13.2 Å². The first-order valence-corrected chi connectivity index (χ1v) is 4.81. The summed E-state index contributed by atoms with van der Waals surface area (Å²) in [5.41, 5.74) is 5.51. The first-order chi connectivity index (χ1) is 6.81. The van der Waals surface area contributed by atoms with Gasteiger partial charge in [-0.2, -0.15) is 0 Å². The van der Waals surface area contributed by atoms with Gasteiger partial charge in [0.1, 0.15) is 12.7 Å². The topological polar surface area (TPSA) is 44.5 Å². The molecule has 3 heteroatoms. The van der Waals surface area contributed by atoms with Crippen LogP contribution in [0.4, 0.5) is 0 Å². The molecule has 0 aromatic carbocycles. The normalized spacial score (nSPS) is 28.1. The number of nitrogens with two attached hydrogens (primary N) is 1. The van der Waals surface area contributed by atoms with Gasteiger partial charge in [0.05, 0.1) is 0 Å². The van der Waals surface area contributed by atoms with E-state index in [1.807, 2.05) is 38.2 Å². The molecule has 1 rings (SSSR count). The molecule has 0 saturated carbocycles. The molecule has 1 atom stereocenters. The summed E-state index contributed by atoms with van der Waals surface area (Å²) in [5, 5.41) is 0. The van der Waals surface area contributed by atoms with Gasteiger partial charge >= 0.3 is 0 Å². The van der Waals surface area contributed by atoms with E-state index in [2.05, 4.69) is 0 Å². The van der Waals surface area contributed by atoms with Gasteiger partial charge in [0, 0.05) is 6.54 Å². The lowest BCUT2D eigenvalue weighted by atomic mass is 10.2. The molecule has 3 nitrogen and oxygen atoms in total. The molecule has 0 amide bonds. The lowest BCUT2D eigenvalue weighted by Gasteiger charge is -2.27. The summed E-state index contributed by atoms with van der Waals surface area (Å²) in [7, 11) is 0. The predicted molar refractivity (Wildman–Crippen MR) is 56.5 cm³/mol. The van der Waals surface area contributed by atoms with Crippen molar-refractivity contribution in [2.45, 2.75) is 20.0 Å². The number of rotatable bonds is 2. The van der Waals surface area contributed by atoms with Crippen LogP contribution in [0.1, 0.15) is 13.8 Å². The first-order valence-electron chi connectivity index (χ1n) is 4.81. The smallest absolute Gasteiger partial charge is 0.161 e. The highest BCUT2D eigenvalue weighted by Crippen LogP contribution is 2.21. The van der Waals surface area contributed by atoms with Crippen molar-refractivity contribution in [3.8, 4) is 0 Å². The first kappa shape index (κ1) is 10.9. The molecule has 0 aromatic rings. The van der Waals surface area contributed by atoms with Gasteiger partial charge in [-0.1, -0.05) is 12.2 Å². The highest BCUT2D eigenvalue weighted by Gasteiger charge is 2.20. The minimum absolute atomic E-state index is 0.0322. The summed E-state index contributed by atoms with van der Waals surface area (Å²) in [4.78, 5) is 0. The van der Waals surface area contributed by atoms with E-state index >= 15 is 0 Å². The van der Waals surface area contributed by atoms with Crippen LogP contribution in [0.25, 0.3) is 0 Å². The maximum atomic E-state index is 5.63. The minimum atomic E-state index is -0.0322. The van der Waals surface area contributed by atoms with Crippen molar-refractivity contribution in [3.05, 3.63) is 35.8 Å². The van der Waals surface area contributed by atoms with Crippen molar-refractivity contribution < 1.29 is 9.47 Å². The Morgan fingerprint density at radius 1 is 1.43 bits per heavy atom. The lowest BCUT2D eigenvalue weighted by Crippen LogP contribution is -2.32. The van der Waals surface area contributed by atoms with E-state index < -0.39 is 0 Å². The fraction of sp³-hybridized carbons (Fsp3) is 0.455. The van der Waals surface area contributed by atoms with E-state index in [9.17, 15) is 0 Å². The van der Waals surface area contributed by atoms with Crippen molar-refractivity contribution in [2.24, 2.45) is 5.73 Å². The van der Waals surface area contributed by atoms with Crippen LogP contribution in [0.2, 0.25) is 0 Å². The van der Waals surface area contributed by atoms with Gasteiger partial charge in [0.2, 0.25) is 0 Å². The Hall–Kier alpha value is -1.22. The number of ether oxygens (including phenoxy) is 2. The average Bonchev–Trinajstić information content (AvgIpc) is 2.25. The lowest BCUT2D eigenvalue weighted by molar-refractivity contribution is -0.00185. The van der Waals surface area contributed by atoms with E-state index in [4.69, 9.17) is 15.2 Å². The highest BCUT2D eigenvalue weighted by molar-refractivity contribution is 5.25. The van der Waals surface area contributed by atoms with Crippen LogP contribution >= 0.6 is 0 Å². The van der Waals surface area contributed by atoms with Crippen LogP contribution in [0.5, 0.6) is 0 Å². The van der Waals surface area contributed by atoms with Crippen molar-refractivity contribution >= 4 is 0 Å². The van der Waals surface area contributed by atoms with Gasteiger partial charge in [-0.25, -0.2) is 0 Å². The molecule has 0 radical (unpaired) electrons. The third-order valence-corrected chi connectivity index (χ3v) is 1.93. The Balaban J connectivity index is 2.75. The summed E-state index contributed by atoms with van der Waals surface area (Å²) >= 11 is 0. The second-order valence-electron chi connectivity index (χ2n) is 3.00. The molecule has 0 aromatic heterocycles. The summed E-state index contributed by atoms with van der Waals surface area (Å²) in [6, 6.07) is 0. The monoisotopic (exact) mass is 195 g/mol. The number of hydrogen-bond donors (Lipinski definition) is 1. The van der Waals surface area contributed by atoms with Gasteiger partial charge in [-0.3, -0.25) is 0 Å². The Kier molecular flexibility index (Phi) is 4.26. The zero-order chi connectivity index (χ0) is 10.4. The van der Waals surface area contributed by atoms with Crippen molar-refractivity contribution in [3.63, 3.8) is 0 Å². The van der Waals surface area contributed by atoms with Gasteiger partial charge in [-0.05, 0) is 26.0 Å². The molecule has 1 saturated heterocycles. The van der Waals surface area contributed by atoms with Crippen LogP contribution in [-0.4, -0.2) is 19.3 Å². The van der Waals surface area contributed by atoms with Crippen LogP contribution in [0.15, 0.2) is 35.8 Å². The van der Waals surface area contributed by atoms with Gasteiger partial charge < -0.3 is 15.2 Å². The molecule has 1 unspecified atom stereocenters. The maximum absolute atomic E-state index is 5.63. The average molecular weight is 195 g/mol. The standard InChI is InChI=1S/C11H17NO2/c1-3-5-6-11-10(4-2)13-8-9(7-12)14-11/h3-6,9H,7-8,12H2,1-2H3/b5-3-,10-4+,11-6+. The molecule has 0 aliphatic carbocycles. The summed E-state index contributed by atoms with van der Waals surface area (Å²) in [5.74, 6) is 1.54. The molecule has 14 heavy (non-hydrogen) atoms. The van der Waals surface area contributed by atoms with Crippen molar-refractivity contribution in [1.29, 1.82) is 0 Å². The molecule has 1 aliphatic rings. The third kappa shape index (κ3) is 2.64. The maximum Gasteiger partial charge on any atom is 0.161 e. The fourth-order valence-corrected chi connectivity index (χ4v) is 1.17. The van der Waals surface area contributed by atoms with Gasteiger partial charge in [0.15, 0.2) is 11.5 Å². The SMILES string of the molecule is C\C=C/C=C1/OC(CN)CO/C1=C/C. The van der Waals surface area contributed by atoms with E-state index in [-0.39, 0.29) is 6.10 Å². The summed E-state index contributed by atoms with van der Waals surface area (Å²) < 4.78 is 11.1. The van der Waals surface area contributed by atoms with Gasteiger partial charge in [0.25, 0.3) is 0 Å². The second-order valence-corrected chi connectivity index (χ2v) is 3.00. The zero-order valence-electron chi connectivity index (χ0n) is 8.69. The van der Waals surface area contributed by atoms with E-state index in [0.29, 0.717) is 13.2 Å². The molecule has 2 N–H and O–H groups in total.